The van der Waals surface area contributed by atoms with E-state index in [9.17, 15) is 4.79 Å². The van der Waals surface area contributed by atoms with E-state index < -0.39 is 0 Å². The van der Waals surface area contributed by atoms with Crippen LogP contribution < -0.4 is 9.64 Å². The largest absolute Gasteiger partial charge is 0.497 e. The summed E-state index contributed by atoms with van der Waals surface area (Å²) in [7, 11) is 1.64. The summed E-state index contributed by atoms with van der Waals surface area (Å²) in [5.41, 5.74) is 5.99. The molecule has 0 atom stereocenters. The molecular weight excluding hydrogens is 494 g/mol. The van der Waals surface area contributed by atoms with Gasteiger partial charge in [0, 0.05) is 23.6 Å². The van der Waals surface area contributed by atoms with Crippen LogP contribution in [-0.2, 0) is 17.6 Å². The van der Waals surface area contributed by atoms with E-state index in [0.717, 1.165) is 41.2 Å². The Morgan fingerprint density at radius 3 is 2.11 bits per heavy atom. The molecule has 3 heterocycles. The summed E-state index contributed by atoms with van der Waals surface area (Å²) in [5, 5.41) is 9.61. The van der Waals surface area contributed by atoms with Gasteiger partial charge < -0.3 is 4.74 Å². The molecule has 38 heavy (non-hydrogen) atoms. The van der Waals surface area contributed by atoms with Gasteiger partial charge in [0.1, 0.15) is 5.75 Å². The number of amides is 1. The summed E-state index contributed by atoms with van der Waals surface area (Å²) >= 11 is 1.38. The van der Waals surface area contributed by atoms with Crippen LogP contribution >= 0.6 is 11.8 Å². The average molecular weight is 520 g/mol. The number of fused-ring (bicyclic) bond motifs is 2. The lowest BCUT2D eigenvalue weighted by atomic mass is 10.0. The maximum Gasteiger partial charge on any atom is 0.242 e. The molecule has 0 radical (unpaired) electrons. The molecule has 5 aromatic rings. The molecule has 1 aliphatic rings. The second kappa shape index (κ2) is 10.5. The minimum atomic E-state index is -0.00783. The molecule has 0 N–H and O–H groups in total. The van der Waals surface area contributed by atoms with Gasteiger partial charge in [0.2, 0.25) is 5.91 Å². The molecular formula is C30H25N5O2S. The molecule has 8 heteroatoms. The standard InChI is InChI=1S/C30H25N5O2S/c1-37-25-14-12-24(13-15-25)34-29(23-16-18-31-19-17-23)32-33-30(34)38-20-28(36)35-26-8-4-2-6-21(26)10-11-22-7-3-5-9-27(22)35/h2-9,12-19H,10-11,20H2,1H3. The Morgan fingerprint density at radius 1 is 0.842 bits per heavy atom. The monoisotopic (exact) mass is 519 g/mol. The van der Waals surface area contributed by atoms with Gasteiger partial charge in [0.25, 0.3) is 0 Å². The van der Waals surface area contributed by atoms with E-state index in [1.165, 1.54) is 22.9 Å². The number of anilines is 2. The Hall–Kier alpha value is -4.43. The van der Waals surface area contributed by atoms with Gasteiger partial charge in [-0.05, 0) is 72.5 Å². The molecule has 1 amide bonds. The first-order chi connectivity index (χ1) is 18.7. The number of methoxy groups -OCH3 is 1. The zero-order valence-electron chi connectivity index (χ0n) is 20.8. The number of pyridine rings is 1. The van der Waals surface area contributed by atoms with Gasteiger partial charge in [-0.2, -0.15) is 0 Å². The number of hydrogen-bond acceptors (Lipinski definition) is 6. The summed E-state index contributed by atoms with van der Waals surface area (Å²) in [6, 6.07) is 27.8. The van der Waals surface area contributed by atoms with Gasteiger partial charge in [-0.1, -0.05) is 48.2 Å². The fourth-order valence-corrected chi connectivity index (χ4v) is 5.56. The van der Waals surface area contributed by atoms with E-state index in [0.29, 0.717) is 11.0 Å². The first-order valence-electron chi connectivity index (χ1n) is 12.3. The number of carbonyl (C=O) groups excluding carboxylic acids is 1. The van der Waals surface area contributed by atoms with Crippen molar-refractivity contribution in [2.24, 2.45) is 0 Å². The van der Waals surface area contributed by atoms with Crippen LogP contribution in [0.3, 0.4) is 0 Å². The van der Waals surface area contributed by atoms with E-state index >= 15 is 0 Å². The summed E-state index contributed by atoms with van der Waals surface area (Å²) in [4.78, 5) is 19.9. The normalized spacial score (nSPS) is 12.4. The third-order valence-corrected chi connectivity index (χ3v) is 7.52. The van der Waals surface area contributed by atoms with Crippen molar-refractivity contribution in [1.29, 1.82) is 0 Å². The van der Waals surface area contributed by atoms with Gasteiger partial charge >= 0.3 is 0 Å². The minimum absolute atomic E-state index is 0.00783. The zero-order valence-corrected chi connectivity index (χ0v) is 21.6. The molecule has 0 unspecified atom stereocenters. The van der Waals surface area contributed by atoms with E-state index in [-0.39, 0.29) is 11.7 Å². The van der Waals surface area contributed by atoms with E-state index in [1.807, 2.05) is 82.3 Å². The molecule has 6 rings (SSSR count). The summed E-state index contributed by atoms with van der Waals surface area (Å²) < 4.78 is 7.31. The quantitative estimate of drug-likeness (QED) is 0.260. The van der Waals surface area contributed by atoms with Crippen LogP contribution in [0.2, 0.25) is 0 Å². The highest BCUT2D eigenvalue weighted by Gasteiger charge is 2.26. The van der Waals surface area contributed by atoms with Crippen LogP contribution in [0.5, 0.6) is 5.75 Å². The van der Waals surface area contributed by atoms with Crippen LogP contribution in [0, 0.1) is 0 Å². The topological polar surface area (TPSA) is 73.1 Å². The minimum Gasteiger partial charge on any atom is -0.497 e. The summed E-state index contributed by atoms with van der Waals surface area (Å²) in [5.74, 6) is 1.63. The predicted octanol–water partition coefficient (Wildman–Crippen LogP) is 5.89. The molecule has 1 aliphatic heterocycles. The molecule has 3 aromatic carbocycles. The number of rotatable bonds is 6. The lowest BCUT2D eigenvalue weighted by Gasteiger charge is -2.25. The summed E-state index contributed by atoms with van der Waals surface area (Å²) in [6.45, 7) is 0. The first kappa shape index (κ1) is 23.9. The lowest BCUT2D eigenvalue weighted by molar-refractivity contribution is -0.115. The number of para-hydroxylation sites is 2. The number of thioether (sulfide) groups is 1. The van der Waals surface area contributed by atoms with Gasteiger partial charge in [-0.25, -0.2) is 0 Å². The number of benzene rings is 3. The SMILES string of the molecule is COc1ccc(-n2c(SCC(=O)N3c4ccccc4CCc4ccccc43)nnc2-c2ccncc2)cc1. The summed E-state index contributed by atoms with van der Waals surface area (Å²) in [6.07, 6.45) is 5.25. The highest BCUT2D eigenvalue weighted by molar-refractivity contribution is 7.99. The number of hydrogen-bond donors (Lipinski definition) is 0. The Morgan fingerprint density at radius 2 is 1.47 bits per heavy atom. The fraction of sp³-hybridized carbons (Fsp3) is 0.133. The molecule has 2 aromatic heterocycles. The lowest BCUT2D eigenvalue weighted by Crippen LogP contribution is -2.28. The van der Waals surface area contributed by atoms with Crippen molar-refractivity contribution in [1.82, 2.24) is 19.7 Å². The molecule has 0 saturated carbocycles. The number of aryl methyl sites for hydroxylation is 2. The molecule has 188 valence electrons. The van der Waals surface area contributed by atoms with Crippen molar-refractivity contribution in [3.63, 3.8) is 0 Å². The van der Waals surface area contributed by atoms with Crippen molar-refractivity contribution in [2.75, 3.05) is 17.8 Å². The fourth-order valence-electron chi connectivity index (χ4n) is 4.75. The molecule has 0 aliphatic carbocycles. The van der Waals surface area contributed by atoms with Crippen molar-refractivity contribution in [3.05, 3.63) is 108 Å². The highest BCUT2D eigenvalue weighted by Crippen LogP contribution is 2.37. The molecule has 0 spiro atoms. The van der Waals surface area contributed by atoms with E-state index in [4.69, 9.17) is 4.74 Å². The Kier molecular flexibility index (Phi) is 6.62. The third-order valence-electron chi connectivity index (χ3n) is 6.61. The Bertz CT molecular complexity index is 1540. The van der Waals surface area contributed by atoms with Crippen LogP contribution in [0.4, 0.5) is 11.4 Å². The number of nitrogens with zero attached hydrogens (tertiary/aromatic N) is 5. The number of ether oxygens (including phenoxy) is 1. The van der Waals surface area contributed by atoms with Crippen molar-refractivity contribution >= 4 is 29.0 Å². The maximum absolute atomic E-state index is 13.9. The highest BCUT2D eigenvalue weighted by atomic mass is 32.2. The van der Waals surface area contributed by atoms with Crippen molar-refractivity contribution in [2.45, 2.75) is 18.0 Å². The average Bonchev–Trinajstić information content (AvgIpc) is 3.32. The molecule has 0 fully saturated rings. The first-order valence-corrected chi connectivity index (χ1v) is 13.3. The molecule has 0 bridgehead atoms. The van der Waals surface area contributed by atoms with Crippen LogP contribution in [0.25, 0.3) is 17.1 Å². The molecule has 0 saturated heterocycles. The van der Waals surface area contributed by atoms with E-state index in [2.05, 4.69) is 27.3 Å². The van der Waals surface area contributed by atoms with E-state index in [1.54, 1.807) is 19.5 Å². The smallest absolute Gasteiger partial charge is 0.242 e. The zero-order chi connectivity index (χ0) is 25.9. The van der Waals surface area contributed by atoms with Crippen LogP contribution in [0.15, 0.2) is 102 Å². The van der Waals surface area contributed by atoms with Crippen LogP contribution in [0.1, 0.15) is 11.1 Å². The van der Waals surface area contributed by atoms with Crippen LogP contribution in [-0.4, -0.2) is 38.5 Å². The Balaban J connectivity index is 1.35. The van der Waals surface area contributed by atoms with Gasteiger partial charge in [0.05, 0.1) is 24.2 Å². The van der Waals surface area contributed by atoms with Gasteiger partial charge in [-0.15, -0.1) is 10.2 Å². The van der Waals surface area contributed by atoms with Crippen molar-refractivity contribution in [3.8, 4) is 22.8 Å². The van der Waals surface area contributed by atoms with Crippen molar-refractivity contribution < 1.29 is 9.53 Å². The second-order valence-electron chi connectivity index (χ2n) is 8.85. The van der Waals surface area contributed by atoms with Gasteiger partial charge in [0.15, 0.2) is 11.0 Å². The number of carbonyl (C=O) groups is 1. The second-order valence-corrected chi connectivity index (χ2v) is 9.79. The Labute approximate surface area is 225 Å². The molecule has 7 nitrogen and oxygen atoms in total. The third kappa shape index (κ3) is 4.54. The van der Waals surface area contributed by atoms with Gasteiger partial charge in [-0.3, -0.25) is 19.2 Å². The predicted molar refractivity (Wildman–Crippen MR) is 149 cm³/mol. The maximum atomic E-state index is 13.9. The number of aromatic nitrogens is 4.